The predicted molar refractivity (Wildman–Crippen MR) is 56.9 cm³/mol. The molecule has 0 radical (unpaired) electrons. The Hall–Kier alpha value is -1.95. The van der Waals surface area contributed by atoms with Crippen LogP contribution in [0.5, 0.6) is 0 Å². The van der Waals surface area contributed by atoms with E-state index in [1.807, 2.05) is 0 Å². The monoisotopic (exact) mass is 222 g/mol. The van der Waals surface area contributed by atoms with Crippen molar-refractivity contribution in [1.82, 2.24) is 19.9 Å². The second-order valence-corrected chi connectivity index (χ2v) is 3.15. The fourth-order valence-electron chi connectivity index (χ4n) is 1.04. The van der Waals surface area contributed by atoms with Gasteiger partial charge in [0.2, 0.25) is 5.95 Å². The van der Waals surface area contributed by atoms with Crippen LogP contribution < -0.4 is 11.5 Å². The minimum absolute atomic E-state index is 0.0936. The highest BCUT2D eigenvalue weighted by Crippen LogP contribution is 2.17. The van der Waals surface area contributed by atoms with Crippen molar-refractivity contribution in [2.24, 2.45) is 0 Å². The molecule has 2 rings (SSSR count). The molecular formula is C8H7ClN6. The summed E-state index contributed by atoms with van der Waals surface area (Å²) in [5.74, 6) is 0.433. The molecule has 0 saturated carbocycles. The molecule has 0 aromatic carbocycles. The summed E-state index contributed by atoms with van der Waals surface area (Å²) in [6.07, 6.45) is 2.93. The number of hydrogen-bond donors (Lipinski definition) is 2. The summed E-state index contributed by atoms with van der Waals surface area (Å²) in [5.41, 5.74) is 11.9. The lowest BCUT2D eigenvalue weighted by Crippen LogP contribution is -1.98. The Bertz CT molecular complexity index is 463. The second kappa shape index (κ2) is 3.66. The number of hydrogen-bond acceptors (Lipinski definition) is 6. The number of halogens is 1. The van der Waals surface area contributed by atoms with E-state index in [2.05, 4.69) is 19.9 Å². The molecule has 0 bridgehead atoms. The zero-order valence-corrected chi connectivity index (χ0v) is 8.31. The van der Waals surface area contributed by atoms with Gasteiger partial charge in [0, 0.05) is 6.07 Å². The van der Waals surface area contributed by atoms with Crippen LogP contribution in [0.1, 0.15) is 0 Å². The van der Waals surface area contributed by atoms with Gasteiger partial charge in [-0.15, -0.1) is 0 Å². The lowest BCUT2D eigenvalue weighted by atomic mass is 10.3. The Labute approximate surface area is 90.4 Å². The summed E-state index contributed by atoms with van der Waals surface area (Å²) in [7, 11) is 0. The van der Waals surface area contributed by atoms with Crippen molar-refractivity contribution in [2.75, 3.05) is 11.5 Å². The number of anilines is 2. The number of nitrogens with zero attached hydrogens (tertiary/aromatic N) is 4. The first-order chi connectivity index (χ1) is 7.15. The van der Waals surface area contributed by atoms with E-state index in [0.29, 0.717) is 17.2 Å². The van der Waals surface area contributed by atoms with Crippen LogP contribution in [-0.2, 0) is 0 Å². The Kier molecular flexibility index (Phi) is 2.34. The first-order valence-electron chi connectivity index (χ1n) is 4.03. The van der Waals surface area contributed by atoms with Gasteiger partial charge in [-0.2, -0.15) is 0 Å². The van der Waals surface area contributed by atoms with E-state index in [9.17, 15) is 0 Å². The van der Waals surface area contributed by atoms with E-state index in [1.165, 1.54) is 12.4 Å². The van der Waals surface area contributed by atoms with Gasteiger partial charge in [0.25, 0.3) is 0 Å². The van der Waals surface area contributed by atoms with Crippen LogP contribution in [0.25, 0.3) is 11.4 Å². The van der Waals surface area contributed by atoms with Gasteiger partial charge in [0.15, 0.2) is 0 Å². The van der Waals surface area contributed by atoms with Gasteiger partial charge < -0.3 is 11.5 Å². The van der Waals surface area contributed by atoms with E-state index < -0.39 is 0 Å². The van der Waals surface area contributed by atoms with Gasteiger partial charge in [-0.1, -0.05) is 11.6 Å². The summed E-state index contributed by atoms with van der Waals surface area (Å²) in [5, 5.41) is 0.260. The number of rotatable bonds is 1. The molecule has 0 atom stereocenters. The van der Waals surface area contributed by atoms with Crippen molar-refractivity contribution in [3.63, 3.8) is 0 Å². The molecule has 7 heteroatoms. The van der Waals surface area contributed by atoms with E-state index in [4.69, 9.17) is 23.1 Å². The number of aromatic nitrogens is 4. The number of nitrogen functional groups attached to an aromatic ring is 2. The fraction of sp³-hybridized carbons (Fsp3) is 0. The smallest absolute Gasteiger partial charge is 0.222 e. The minimum Gasteiger partial charge on any atom is -0.382 e. The van der Waals surface area contributed by atoms with Gasteiger partial charge >= 0.3 is 0 Å². The number of nitrogens with two attached hydrogens (primary N) is 2. The van der Waals surface area contributed by atoms with Crippen LogP contribution in [0.4, 0.5) is 11.8 Å². The summed E-state index contributed by atoms with van der Waals surface area (Å²) >= 11 is 5.73. The maximum Gasteiger partial charge on any atom is 0.222 e. The normalized spacial score (nSPS) is 10.2. The highest BCUT2D eigenvalue weighted by atomic mass is 35.5. The van der Waals surface area contributed by atoms with Gasteiger partial charge in [0.05, 0.1) is 18.1 Å². The molecule has 0 aliphatic heterocycles. The van der Waals surface area contributed by atoms with Gasteiger partial charge in [-0.05, 0) is 0 Å². The van der Waals surface area contributed by atoms with Gasteiger partial charge in [-0.25, -0.2) is 19.9 Å². The highest BCUT2D eigenvalue weighted by Gasteiger charge is 2.04. The summed E-state index contributed by atoms with van der Waals surface area (Å²) in [4.78, 5) is 15.6. The van der Waals surface area contributed by atoms with Crippen LogP contribution >= 0.6 is 11.6 Å². The zero-order valence-electron chi connectivity index (χ0n) is 7.55. The third-order valence-electron chi connectivity index (χ3n) is 1.65. The van der Waals surface area contributed by atoms with Crippen molar-refractivity contribution in [3.8, 4) is 11.4 Å². The van der Waals surface area contributed by atoms with Crippen LogP contribution in [-0.4, -0.2) is 19.9 Å². The van der Waals surface area contributed by atoms with E-state index in [1.54, 1.807) is 6.07 Å². The summed E-state index contributed by atoms with van der Waals surface area (Å²) in [6, 6.07) is 1.55. The highest BCUT2D eigenvalue weighted by molar-refractivity contribution is 6.29. The predicted octanol–water partition coefficient (Wildman–Crippen LogP) is 0.751. The maximum atomic E-state index is 5.73. The SMILES string of the molecule is Nc1cnc(-c2cc(Cl)nc(N)n2)cn1. The third-order valence-corrected chi connectivity index (χ3v) is 1.84. The molecule has 0 aliphatic rings. The molecule has 4 N–H and O–H groups in total. The van der Waals surface area contributed by atoms with E-state index in [-0.39, 0.29) is 11.1 Å². The van der Waals surface area contributed by atoms with Crippen LogP contribution in [0.3, 0.4) is 0 Å². The lowest BCUT2D eigenvalue weighted by molar-refractivity contribution is 1.14. The maximum absolute atomic E-state index is 5.73. The van der Waals surface area contributed by atoms with Crippen molar-refractivity contribution in [2.45, 2.75) is 0 Å². The molecule has 15 heavy (non-hydrogen) atoms. The lowest BCUT2D eigenvalue weighted by Gasteiger charge is -2.01. The van der Waals surface area contributed by atoms with Crippen molar-refractivity contribution >= 4 is 23.4 Å². The molecule has 2 aromatic heterocycles. The molecule has 2 heterocycles. The topological polar surface area (TPSA) is 104 Å². The zero-order chi connectivity index (χ0) is 10.8. The average molecular weight is 223 g/mol. The van der Waals surface area contributed by atoms with Crippen molar-refractivity contribution in [1.29, 1.82) is 0 Å². The van der Waals surface area contributed by atoms with Crippen molar-refractivity contribution in [3.05, 3.63) is 23.6 Å². The Morgan fingerprint density at radius 1 is 1.00 bits per heavy atom. The molecule has 0 fully saturated rings. The molecule has 0 saturated heterocycles. The largest absolute Gasteiger partial charge is 0.382 e. The molecule has 76 valence electrons. The Morgan fingerprint density at radius 2 is 1.80 bits per heavy atom. The first-order valence-corrected chi connectivity index (χ1v) is 4.41. The van der Waals surface area contributed by atoms with Crippen LogP contribution in [0.2, 0.25) is 5.15 Å². The van der Waals surface area contributed by atoms with Crippen molar-refractivity contribution < 1.29 is 0 Å². The molecule has 0 spiro atoms. The quantitative estimate of drug-likeness (QED) is 0.690. The summed E-state index contributed by atoms with van der Waals surface area (Å²) in [6.45, 7) is 0. The third kappa shape index (κ3) is 2.10. The molecule has 0 amide bonds. The average Bonchev–Trinajstić information content (AvgIpc) is 2.17. The standard InChI is InChI=1S/C8H7ClN6/c9-6-1-4(14-8(11)15-6)5-2-13-7(10)3-12-5/h1-3H,(H2,10,13)(H2,11,14,15). The molecule has 0 unspecified atom stereocenters. The van der Waals surface area contributed by atoms with E-state index >= 15 is 0 Å². The second-order valence-electron chi connectivity index (χ2n) is 2.76. The molecular weight excluding hydrogens is 216 g/mol. The van der Waals surface area contributed by atoms with Crippen LogP contribution in [0, 0.1) is 0 Å². The van der Waals surface area contributed by atoms with E-state index in [0.717, 1.165) is 0 Å². The molecule has 0 aliphatic carbocycles. The Morgan fingerprint density at radius 3 is 2.40 bits per heavy atom. The fourth-order valence-corrected chi connectivity index (χ4v) is 1.23. The summed E-state index contributed by atoms with van der Waals surface area (Å²) < 4.78 is 0. The van der Waals surface area contributed by atoms with Gasteiger partial charge in [-0.3, -0.25) is 0 Å². The molecule has 6 nitrogen and oxygen atoms in total. The molecule has 2 aromatic rings. The first kappa shape index (κ1) is 9.60. The Balaban J connectivity index is 2.49. The van der Waals surface area contributed by atoms with Gasteiger partial charge in [0.1, 0.15) is 16.7 Å². The minimum atomic E-state index is 0.0936. The van der Waals surface area contributed by atoms with Crippen LogP contribution in [0.15, 0.2) is 18.5 Å².